The summed E-state index contributed by atoms with van der Waals surface area (Å²) >= 11 is 6.36. The predicted octanol–water partition coefficient (Wildman–Crippen LogP) is 4.95. The quantitative estimate of drug-likeness (QED) is 0.692. The number of benzene rings is 1. The first-order valence-electron chi connectivity index (χ1n) is 7.38. The molecule has 0 bridgehead atoms. The lowest BCUT2D eigenvalue weighted by Gasteiger charge is -2.13. The van der Waals surface area contributed by atoms with Crippen molar-refractivity contribution in [1.29, 1.82) is 0 Å². The van der Waals surface area contributed by atoms with Gasteiger partial charge in [0.1, 0.15) is 10.9 Å². The molecule has 3 nitrogen and oxygen atoms in total. The van der Waals surface area contributed by atoms with Crippen LogP contribution in [0.1, 0.15) is 35.4 Å². The van der Waals surface area contributed by atoms with Crippen LogP contribution in [0.4, 0.5) is 0 Å². The molecule has 4 heteroatoms. The number of furan rings is 1. The molecule has 0 aliphatic carbocycles. The SMILES string of the molecule is Cc1ccc2cc(CN[C@H](C)c3ccco3)c(Cl)nc2c1C. The third-order valence-corrected chi connectivity index (χ3v) is 4.43. The summed E-state index contributed by atoms with van der Waals surface area (Å²) in [6, 6.07) is 10.3. The van der Waals surface area contributed by atoms with E-state index >= 15 is 0 Å². The van der Waals surface area contributed by atoms with Gasteiger partial charge in [-0.15, -0.1) is 0 Å². The monoisotopic (exact) mass is 314 g/mol. The number of hydrogen-bond acceptors (Lipinski definition) is 3. The van der Waals surface area contributed by atoms with Crippen molar-refractivity contribution in [1.82, 2.24) is 10.3 Å². The van der Waals surface area contributed by atoms with Crippen LogP contribution in [-0.4, -0.2) is 4.98 Å². The first kappa shape index (κ1) is 15.1. The molecule has 0 saturated heterocycles. The molecule has 22 heavy (non-hydrogen) atoms. The summed E-state index contributed by atoms with van der Waals surface area (Å²) in [4.78, 5) is 4.58. The highest BCUT2D eigenvalue weighted by Gasteiger charge is 2.11. The highest BCUT2D eigenvalue weighted by Crippen LogP contribution is 2.25. The zero-order chi connectivity index (χ0) is 15.7. The van der Waals surface area contributed by atoms with Gasteiger partial charge in [-0.2, -0.15) is 0 Å². The number of halogens is 1. The van der Waals surface area contributed by atoms with E-state index < -0.39 is 0 Å². The minimum absolute atomic E-state index is 0.126. The van der Waals surface area contributed by atoms with Gasteiger partial charge >= 0.3 is 0 Å². The Bertz CT molecular complexity index is 796. The van der Waals surface area contributed by atoms with Gasteiger partial charge in [0.15, 0.2) is 0 Å². The summed E-state index contributed by atoms with van der Waals surface area (Å²) in [6.45, 7) is 6.88. The Kier molecular flexibility index (Phi) is 4.19. The van der Waals surface area contributed by atoms with E-state index in [1.165, 1.54) is 11.1 Å². The molecular weight excluding hydrogens is 296 g/mol. The zero-order valence-corrected chi connectivity index (χ0v) is 13.7. The second-order valence-electron chi connectivity index (χ2n) is 5.64. The average molecular weight is 315 g/mol. The molecule has 1 aromatic carbocycles. The van der Waals surface area contributed by atoms with Crippen molar-refractivity contribution < 1.29 is 4.42 Å². The van der Waals surface area contributed by atoms with Gasteiger partial charge in [0.05, 0.1) is 17.8 Å². The lowest BCUT2D eigenvalue weighted by Crippen LogP contribution is -2.18. The van der Waals surface area contributed by atoms with Crippen molar-refractivity contribution in [3.8, 4) is 0 Å². The molecule has 0 spiro atoms. The maximum absolute atomic E-state index is 6.36. The van der Waals surface area contributed by atoms with Gasteiger partial charge in [-0.3, -0.25) is 0 Å². The molecule has 0 fully saturated rings. The minimum Gasteiger partial charge on any atom is -0.468 e. The van der Waals surface area contributed by atoms with E-state index in [4.69, 9.17) is 16.0 Å². The molecule has 114 valence electrons. The van der Waals surface area contributed by atoms with E-state index in [1.807, 2.05) is 12.1 Å². The molecule has 2 aromatic heterocycles. The molecule has 0 unspecified atom stereocenters. The molecule has 0 amide bonds. The van der Waals surface area contributed by atoms with Gasteiger partial charge in [-0.05, 0) is 50.1 Å². The Morgan fingerprint density at radius 2 is 2.09 bits per heavy atom. The molecule has 0 aliphatic heterocycles. The third kappa shape index (κ3) is 2.87. The highest BCUT2D eigenvalue weighted by molar-refractivity contribution is 6.30. The summed E-state index contributed by atoms with van der Waals surface area (Å²) in [7, 11) is 0. The second-order valence-corrected chi connectivity index (χ2v) is 5.99. The largest absolute Gasteiger partial charge is 0.468 e. The summed E-state index contributed by atoms with van der Waals surface area (Å²) < 4.78 is 5.40. The maximum Gasteiger partial charge on any atom is 0.134 e. The first-order valence-corrected chi connectivity index (χ1v) is 7.76. The van der Waals surface area contributed by atoms with Crippen molar-refractivity contribution in [2.24, 2.45) is 0 Å². The van der Waals surface area contributed by atoms with E-state index in [1.54, 1.807) is 6.26 Å². The van der Waals surface area contributed by atoms with Gasteiger partial charge in [-0.1, -0.05) is 23.7 Å². The summed E-state index contributed by atoms with van der Waals surface area (Å²) in [5.41, 5.74) is 4.39. The van der Waals surface area contributed by atoms with Crippen LogP contribution in [0, 0.1) is 13.8 Å². The lowest BCUT2D eigenvalue weighted by atomic mass is 10.0. The fraction of sp³-hybridized carbons (Fsp3) is 0.278. The molecule has 0 saturated carbocycles. The third-order valence-electron chi connectivity index (χ3n) is 4.11. The van der Waals surface area contributed by atoms with Gasteiger partial charge in [-0.25, -0.2) is 4.98 Å². The van der Waals surface area contributed by atoms with Crippen LogP contribution in [0.15, 0.2) is 41.0 Å². The van der Waals surface area contributed by atoms with Crippen LogP contribution in [0.5, 0.6) is 0 Å². The molecule has 3 aromatic rings. The molecule has 0 radical (unpaired) electrons. The fourth-order valence-corrected chi connectivity index (χ4v) is 2.74. The second kappa shape index (κ2) is 6.11. The number of nitrogens with one attached hydrogen (secondary N) is 1. The Morgan fingerprint density at radius 3 is 2.82 bits per heavy atom. The lowest BCUT2D eigenvalue weighted by molar-refractivity contribution is 0.430. The van der Waals surface area contributed by atoms with Crippen LogP contribution < -0.4 is 5.32 Å². The van der Waals surface area contributed by atoms with Crippen LogP contribution in [0.25, 0.3) is 10.9 Å². The minimum atomic E-state index is 0.126. The smallest absolute Gasteiger partial charge is 0.134 e. The Labute approximate surface area is 135 Å². The van der Waals surface area contributed by atoms with Crippen molar-refractivity contribution >= 4 is 22.5 Å². The number of hydrogen-bond donors (Lipinski definition) is 1. The number of nitrogens with zero attached hydrogens (tertiary/aromatic N) is 1. The molecule has 3 rings (SSSR count). The molecule has 1 atom stereocenters. The van der Waals surface area contributed by atoms with Crippen molar-refractivity contribution in [3.63, 3.8) is 0 Å². The summed E-state index contributed by atoms with van der Waals surface area (Å²) in [5.74, 6) is 0.913. The van der Waals surface area contributed by atoms with Crippen molar-refractivity contribution in [3.05, 3.63) is 64.2 Å². The molecule has 0 aliphatic rings. The normalized spacial score (nSPS) is 12.7. The van der Waals surface area contributed by atoms with E-state index in [0.29, 0.717) is 11.7 Å². The Morgan fingerprint density at radius 1 is 1.27 bits per heavy atom. The van der Waals surface area contributed by atoms with Crippen LogP contribution in [0.3, 0.4) is 0 Å². The number of fused-ring (bicyclic) bond motifs is 1. The first-order chi connectivity index (χ1) is 10.6. The van der Waals surface area contributed by atoms with Gasteiger partial charge in [0.2, 0.25) is 0 Å². The summed E-state index contributed by atoms with van der Waals surface area (Å²) in [6.07, 6.45) is 1.68. The van der Waals surface area contributed by atoms with E-state index in [9.17, 15) is 0 Å². The average Bonchev–Trinajstić information content (AvgIpc) is 3.04. The Hall–Kier alpha value is -1.84. The van der Waals surface area contributed by atoms with E-state index in [2.05, 4.69) is 49.3 Å². The molecule has 1 N–H and O–H groups in total. The Balaban J connectivity index is 1.85. The number of rotatable bonds is 4. The number of pyridine rings is 1. The van der Waals surface area contributed by atoms with Crippen LogP contribution in [-0.2, 0) is 6.54 Å². The predicted molar refractivity (Wildman–Crippen MR) is 90.2 cm³/mol. The molecule has 2 heterocycles. The molecular formula is C18H19ClN2O. The summed E-state index contributed by atoms with van der Waals surface area (Å²) in [5, 5.41) is 5.09. The van der Waals surface area contributed by atoms with Gasteiger partial charge < -0.3 is 9.73 Å². The van der Waals surface area contributed by atoms with E-state index in [0.717, 1.165) is 22.2 Å². The van der Waals surface area contributed by atoms with Crippen molar-refractivity contribution in [2.45, 2.75) is 33.4 Å². The van der Waals surface area contributed by atoms with Crippen molar-refractivity contribution in [2.75, 3.05) is 0 Å². The maximum atomic E-state index is 6.36. The topological polar surface area (TPSA) is 38.1 Å². The number of aromatic nitrogens is 1. The number of aryl methyl sites for hydroxylation is 2. The van der Waals surface area contributed by atoms with Crippen LogP contribution in [0.2, 0.25) is 5.15 Å². The van der Waals surface area contributed by atoms with Gasteiger partial charge in [0.25, 0.3) is 0 Å². The zero-order valence-electron chi connectivity index (χ0n) is 13.0. The van der Waals surface area contributed by atoms with Crippen LogP contribution >= 0.6 is 11.6 Å². The van der Waals surface area contributed by atoms with Gasteiger partial charge in [0, 0.05) is 17.5 Å². The van der Waals surface area contributed by atoms with E-state index in [-0.39, 0.29) is 6.04 Å². The highest BCUT2D eigenvalue weighted by atomic mass is 35.5. The fourth-order valence-electron chi connectivity index (χ4n) is 2.53. The standard InChI is InChI=1S/C18H19ClN2O/c1-11-6-7-14-9-15(18(19)21-17(14)12(11)2)10-20-13(3)16-5-4-8-22-16/h4-9,13,20H,10H2,1-3H3/t13-/m1/s1.